The molecule has 1 heterocycles. The molecule has 2 unspecified atom stereocenters. The van der Waals surface area contributed by atoms with Crippen LogP contribution in [0.25, 0.3) is 11.4 Å². The van der Waals surface area contributed by atoms with Gasteiger partial charge in [-0.25, -0.2) is 4.98 Å². The highest BCUT2D eigenvalue weighted by atomic mass is 15.2. The van der Waals surface area contributed by atoms with E-state index in [1.54, 1.807) is 0 Å². The third-order valence-corrected chi connectivity index (χ3v) is 4.00. The van der Waals surface area contributed by atoms with E-state index in [2.05, 4.69) is 59.5 Å². The van der Waals surface area contributed by atoms with Crippen LogP contribution in [0.5, 0.6) is 0 Å². The van der Waals surface area contributed by atoms with E-state index in [0.29, 0.717) is 6.04 Å². The molecule has 4 heteroatoms. The van der Waals surface area contributed by atoms with Crippen LogP contribution in [-0.4, -0.2) is 21.2 Å². The van der Waals surface area contributed by atoms with Gasteiger partial charge in [0, 0.05) is 17.3 Å². The maximum atomic E-state index is 4.45. The van der Waals surface area contributed by atoms with Crippen molar-refractivity contribution in [2.45, 2.75) is 53.0 Å². The average molecular weight is 286 g/mol. The Kier molecular flexibility index (Phi) is 5.37. The predicted molar refractivity (Wildman–Crippen MR) is 88.3 cm³/mol. The lowest BCUT2D eigenvalue weighted by molar-refractivity contribution is 0.462. The first-order valence-electron chi connectivity index (χ1n) is 7.89. The Morgan fingerprint density at radius 1 is 1.19 bits per heavy atom. The molecule has 2 N–H and O–H groups in total. The highest BCUT2D eigenvalue weighted by molar-refractivity contribution is 5.73. The lowest BCUT2D eigenvalue weighted by Gasteiger charge is -2.22. The van der Waals surface area contributed by atoms with Crippen molar-refractivity contribution in [1.82, 2.24) is 15.2 Å². The molecule has 2 rings (SSSR count). The minimum Gasteiger partial charge on any atom is -0.382 e. The zero-order chi connectivity index (χ0) is 15.2. The zero-order valence-corrected chi connectivity index (χ0v) is 13.5. The maximum absolute atomic E-state index is 4.45. The van der Waals surface area contributed by atoms with Gasteiger partial charge >= 0.3 is 0 Å². The van der Waals surface area contributed by atoms with Gasteiger partial charge < -0.3 is 5.32 Å². The van der Waals surface area contributed by atoms with Gasteiger partial charge in [-0.3, -0.25) is 5.10 Å². The molecule has 2 atom stereocenters. The first-order chi connectivity index (χ1) is 10.1. The number of hydrogen-bond donors (Lipinski definition) is 2. The van der Waals surface area contributed by atoms with E-state index in [1.807, 2.05) is 13.0 Å². The van der Waals surface area contributed by atoms with E-state index >= 15 is 0 Å². The van der Waals surface area contributed by atoms with E-state index < -0.39 is 0 Å². The van der Waals surface area contributed by atoms with Crippen molar-refractivity contribution in [3.8, 4) is 11.4 Å². The summed E-state index contributed by atoms with van der Waals surface area (Å²) in [7, 11) is 0. The number of para-hydroxylation sites is 1. The summed E-state index contributed by atoms with van der Waals surface area (Å²) in [6.45, 7) is 8.72. The van der Waals surface area contributed by atoms with E-state index in [0.717, 1.165) is 35.2 Å². The molecule has 0 fully saturated rings. The second-order valence-electron chi connectivity index (χ2n) is 5.79. The summed E-state index contributed by atoms with van der Waals surface area (Å²) < 4.78 is 0. The van der Waals surface area contributed by atoms with E-state index in [-0.39, 0.29) is 0 Å². The van der Waals surface area contributed by atoms with E-state index in [9.17, 15) is 0 Å². The summed E-state index contributed by atoms with van der Waals surface area (Å²) in [6, 6.07) is 8.76. The zero-order valence-electron chi connectivity index (χ0n) is 13.5. The number of hydrogen-bond acceptors (Lipinski definition) is 3. The number of aryl methyl sites for hydroxylation is 1. The van der Waals surface area contributed by atoms with Crippen molar-refractivity contribution in [3.05, 3.63) is 30.1 Å². The number of anilines is 1. The molecule has 1 aromatic carbocycles. The normalized spacial score (nSPS) is 13.9. The van der Waals surface area contributed by atoms with Crippen molar-refractivity contribution in [1.29, 1.82) is 0 Å². The van der Waals surface area contributed by atoms with Crippen LogP contribution >= 0.6 is 0 Å². The molecule has 0 saturated heterocycles. The third kappa shape index (κ3) is 4.06. The second-order valence-corrected chi connectivity index (χ2v) is 5.79. The number of aromatic nitrogens is 3. The summed E-state index contributed by atoms with van der Waals surface area (Å²) in [4.78, 5) is 4.45. The van der Waals surface area contributed by atoms with Crippen LogP contribution in [0.2, 0.25) is 0 Å². The lowest BCUT2D eigenvalue weighted by atomic mass is 9.97. The summed E-state index contributed by atoms with van der Waals surface area (Å²) in [5.74, 6) is 2.33. The van der Waals surface area contributed by atoms with Gasteiger partial charge in [-0.15, -0.1) is 0 Å². The Morgan fingerprint density at radius 2 is 1.95 bits per heavy atom. The number of aromatic amines is 1. The Hall–Kier alpha value is -1.84. The van der Waals surface area contributed by atoms with Gasteiger partial charge in [-0.05, 0) is 37.8 Å². The molecule has 0 aliphatic heterocycles. The van der Waals surface area contributed by atoms with Crippen LogP contribution in [0, 0.1) is 12.8 Å². The highest BCUT2D eigenvalue weighted by Gasteiger charge is 2.14. The second kappa shape index (κ2) is 7.25. The standard InChI is InChI=1S/C17H26N4/c1-5-12(3)11-14(6-2)19-16-10-8-7-9-15(16)17-18-13(4)20-21-17/h7-10,12,14,19H,5-6,11H2,1-4H3,(H,18,20,21). The maximum Gasteiger partial charge on any atom is 0.183 e. The molecule has 2 aromatic rings. The molecule has 0 spiro atoms. The molecule has 0 bridgehead atoms. The van der Waals surface area contributed by atoms with Crippen molar-refractivity contribution < 1.29 is 0 Å². The number of nitrogens with zero attached hydrogens (tertiary/aromatic N) is 2. The van der Waals surface area contributed by atoms with Gasteiger partial charge in [0.1, 0.15) is 5.82 Å². The van der Waals surface area contributed by atoms with Crippen molar-refractivity contribution in [2.75, 3.05) is 5.32 Å². The first kappa shape index (κ1) is 15.5. The molecular weight excluding hydrogens is 260 g/mol. The van der Waals surface area contributed by atoms with Crippen LogP contribution in [-0.2, 0) is 0 Å². The fourth-order valence-electron chi connectivity index (χ4n) is 2.47. The molecular formula is C17H26N4. The van der Waals surface area contributed by atoms with Crippen molar-refractivity contribution >= 4 is 5.69 Å². The highest BCUT2D eigenvalue weighted by Crippen LogP contribution is 2.27. The molecule has 0 amide bonds. The van der Waals surface area contributed by atoms with Crippen LogP contribution in [0.3, 0.4) is 0 Å². The quantitative estimate of drug-likeness (QED) is 0.793. The third-order valence-electron chi connectivity index (χ3n) is 4.00. The predicted octanol–water partition coefficient (Wildman–Crippen LogP) is 4.41. The number of H-pyrrole nitrogens is 1. The molecule has 0 radical (unpaired) electrons. The summed E-state index contributed by atoms with van der Waals surface area (Å²) >= 11 is 0. The first-order valence-corrected chi connectivity index (χ1v) is 7.89. The van der Waals surface area contributed by atoms with Gasteiger partial charge in [0.05, 0.1) is 0 Å². The van der Waals surface area contributed by atoms with E-state index in [1.165, 1.54) is 12.8 Å². The molecule has 114 valence electrons. The Morgan fingerprint density at radius 3 is 2.57 bits per heavy atom. The molecule has 4 nitrogen and oxygen atoms in total. The van der Waals surface area contributed by atoms with Crippen LogP contribution in [0.15, 0.2) is 24.3 Å². The number of rotatable bonds is 7. The number of benzene rings is 1. The van der Waals surface area contributed by atoms with E-state index in [4.69, 9.17) is 0 Å². The molecule has 1 aromatic heterocycles. The van der Waals surface area contributed by atoms with Crippen molar-refractivity contribution in [3.63, 3.8) is 0 Å². The smallest absolute Gasteiger partial charge is 0.183 e. The van der Waals surface area contributed by atoms with Gasteiger partial charge in [0.2, 0.25) is 0 Å². The SMILES string of the molecule is CCC(C)CC(CC)Nc1ccccc1-c1n[nH]c(C)n1. The summed E-state index contributed by atoms with van der Waals surface area (Å²) in [5, 5.41) is 10.9. The van der Waals surface area contributed by atoms with Crippen LogP contribution < -0.4 is 5.32 Å². The van der Waals surface area contributed by atoms with Crippen LogP contribution in [0.1, 0.15) is 45.9 Å². The fraction of sp³-hybridized carbons (Fsp3) is 0.529. The van der Waals surface area contributed by atoms with Gasteiger partial charge in [0.15, 0.2) is 5.82 Å². The van der Waals surface area contributed by atoms with Gasteiger partial charge in [-0.2, -0.15) is 5.10 Å². The largest absolute Gasteiger partial charge is 0.382 e. The Labute approximate surface area is 127 Å². The lowest BCUT2D eigenvalue weighted by Crippen LogP contribution is -2.21. The van der Waals surface area contributed by atoms with Crippen LogP contribution in [0.4, 0.5) is 5.69 Å². The molecule has 0 aliphatic rings. The molecule has 0 aliphatic carbocycles. The van der Waals surface area contributed by atoms with Gasteiger partial charge in [0.25, 0.3) is 0 Å². The number of nitrogens with one attached hydrogen (secondary N) is 2. The average Bonchev–Trinajstić information content (AvgIpc) is 2.93. The minimum atomic E-state index is 0.487. The Balaban J connectivity index is 2.19. The fourth-order valence-corrected chi connectivity index (χ4v) is 2.47. The van der Waals surface area contributed by atoms with Crippen molar-refractivity contribution in [2.24, 2.45) is 5.92 Å². The Bertz CT molecular complexity index is 561. The minimum absolute atomic E-state index is 0.487. The molecule has 21 heavy (non-hydrogen) atoms. The summed E-state index contributed by atoms with van der Waals surface area (Å²) in [6.07, 6.45) is 3.53. The summed E-state index contributed by atoms with van der Waals surface area (Å²) in [5.41, 5.74) is 2.18. The molecule has 0 saturated carbocycles. The van der Waals surface area contributed by atoms with Gasteiger partial charge in [-0.1, -0.05) is 39.3 Å². The monoisotopic (exact) mass is 286 g/mol. The topological polar surface area (TPSA) is 53.6 Å².